The SMILES string of the molecule is CC(C)[C@@]12CC[C@@H](C)C[C@@]1(O)OC(=O)CCC(=O)O2. The lowest BCUT2D eigenvalue weighted by Crippen LogP contribution is -2.65. The summed E-state index contributed by atoms with van der Waals surface area (Å²) >= 11 is 0. The molecular weight excluding hydrogens is 248 g/mol. The van der Waals surface area contributed by atoms with E-state index in [4.69, 9.17) is 9.47 Å². The molecule has 5 heteroatoms. The van der Waals surface area contributed by atoms with Crippen LogP contribution in [0.2, 0.25) is 0 Å². The largest absolute Gasteiger partial charge is 0.452 e. The fourth-order valence-electron chi connectivity index (χ4n) is 3.22. The van der Waals surface area contributed by atoms with Crippen molar-refractivity contribution in [1.82, 2.24) is 0 Å². The van der Waals surface area contributed by atoms with Crippen molar-refractivity contribution in [2.24, 2.45) is 11.8 Å². The predicted molar refractivity (Wildman–Crippen MR) is 67.0 cm³/mol. The molecule has 1 aliphatic heterocycles. The molecule has 2 rings (SSSR count). The lowest BCUT2D eigenvalue weighted by atomic mass is 9.68. The van der Waals surface area contributed by atoms with Gasteiger partial charge in [0.15, 0.2) is 5.60 Å². The van der Waals surface area contributed by atoms with Crippen molar-refractivity contribution in [3.05, 3.63) is 0 Å². The Morgan fingerprint density at radius 2 is 1.79 bits per heavy atom. The van der Waals surface area contributed by atoms with Crippen LogP contribution in [-0.2, 0) is 19.1 Å². The number of ether oxygens (including phenoxy) is 2. The molecule has 0 aromatic carbocycles. The van der Waals surface area contributed by atoms with Crippen LogP contribution in [0.1, 0.15) is 52.9 Å². The van der Waals surface area contributed by atoms with Gasteiger partial charge in [0.1, 0.15) is 0 Å². The first-order chi connectivity index (χ1) is 8.79. The average Bonchev–Trinajstić information content (AvgIpc) is 2.28. The normalized spacial score (nSPS) is 39.9. The maximum atomic E-state index is 11.8. The van der Waals surface area contributed by atoms with Crippen molar-refractivity contribution in [2.45, 2.75) is 64.3 Å². The van der Waals surface area contributed by atoms with Gasteiger partial charge in [-0.15, -0.1) is 0 Å². The van der Waals surface area contributed by atoms with Crippen LogP contribution in [0.3, 0.4) is 0 Å². The summed E-state index contributed by atoms with van der Waals surface area (Å²) in [5, 5.41) is 10.9. The van der Waals surface area contributed by atoms with Crippen molar-refractivity contribution in [2.75, 3.05) is 0 Å². The summed E-state index contributed by atoms with van der Waals surface area (Å²) in [6.07, 6.45) is 1.64. The quantitative estimate of drug-likeness (QED) is 0.735. The van der Waals surface area contributed by atoms with Crippen LogP contribution >= 0.6 is 0 Å². The van der Waals surface area contributed by atoms with E-state index in [0.29, 0.717) is 12.8 Å². The summed E-state index contributed by atoms with van der Waals surface area (Å²) in [6.45, 7) is 5.75. The number of fused-ring (bicyclic) bond motifs is 1. The second-order valence-electron chi connectivity index (χ2n) is 6.12. The molecule has 0 aromatic heterocycles. The highest BCUT2D eigenvalue weighted by atomic mass is 16.7. The van der Waals surface area contributed by atoms with Crippen molar-refractivity contribution in [1.29, 1.82) is 0 Å². The first-order valence-electron chi connectivity index (χ1n) is 6.95. The first kappa shape index (κ1) is 14.3. The van der Waals surface area contributed by atoms with Gasteiger partial charge in [-0.2, -0.15) is 0 Å². The minimum Gasteiger partial charge on any atom is -0.452 e. The third-order valence-corrected chi connectivity index (χ3v) is 4.34. The Bertz CT molecular complexity index is 391. The van der Waals surface area contributed by atoms with Gasteiger partial charge in [-0.05, 0) is 24.7 Å². The van der Waals surface area contributed by atoms with Crippen LogP contribution in [0.25, 0.3) is 0 Å². The highest BCUT2D eigenvalue weighted by Gasteiger charge is 2.61. The minimum atomic E-state index is -1.70. The summed E-state index contributed by atoms with van der Waals surface area (Å²) < 4.78 is 10.9. The number of hydrogen-bond acceptors (Lipinski definition) is 5. The van der Waals surface area contributed by atoms with E-state index in [1.54, 1.807) is 0 Å². The Morgan fingerprint density at radius 1 is 1.21 bits per heavy atom. The van der Waals surface area contributed by atoms with Gasteiger partial charge in [-0.25, -0.2) is 0 Å². The van der Waals surface area contributed by atoms with Crippen LogP contribution in [-0.4, -0.2) is 28.4 Å². The zero-order valence-corrected chi connectivity index (χ0v) is 11.8. The van der Waals surface area contributed by atoms with Gasteiger partial charge < -0.3 is 14.6 Å². The summed E-state index contributed by atoms with van der Waals surface area (Å²) in [5.74, 6) is -2.56. The Hall–Kier alpha value is -1.10. The van der Waals surface area contributed by atoms with Gasteiger partial charge in [0.2, 0.25) is 0 Å². The molecule has 0 spiro atoms. The molecule has 1 saturated heterocycles. The molecular formula is C14H22O5. The van der Waals surface area contributed by atoms with Crippen molar-refractivity contribution < 1.29 is 24.2 Å². The molecule has 0 radical (unpaired) electrons. The maximum Gasteiger partial charge on any atom is 0.309 e. The van der Waals surface area contributed by atoms with E-state index in [1.165, 1.54) is 0 Å². The van der Waals surface area contributed by atoms with Crippen LogP contribution in [0.15, 0.2) is 0 Å². The Balaban J connectivity index is 2.44. The fourth-order valence-corrected chi connectivity index (χ4v) is 3.22. The number of hydrogen-bond donors (Lipinski definition) is 1. The van der Waals surface area contributed by atoms with E-state index >= 15 is 0 Å². The van der Waals surface area contributed by atoms with Gasteiger partial charge in [-0.3, -0.25) is 9.59 Å². The highest BCUT2D eigenvalue weighted by molar-refractivity contribution is 5.79. The number of carbonyl (C=O) groups excluding carboxylic acids is 2. The predicted octanol–water partition coefficient (Wildman–Crippen LogP) is 1.77. The zero-order chi connectivity index (χ0) is 14.3. The van der Waals surface area contributed by atoms with E-state index in [0.717, 1.165) is 6.42 Å². The molecule has 1 saturated carbocycles. The summed E-state index contributed by atoms with van der Waals surface area (Å²) in [7, 11) is 0. The van der Waals surface area contributed by atoms with Crippen LogP contribution in [0.5, 0.6) is 0 Å². The lowest BCUT2D eigenvalue weighted by molar-refractivity contribution is -0.325. The van der Waals surface area contributed by atoms with Crippen molar-refractivity contribution in [3.63, 3.8) is 0 Å². The molecule has 5 nitrogen and oxygen atoms in total. The third-order valence-electron chi connectivity index (χ3n) is 4.34. The number of aliphatic hydroxyl groups is 1. The second kappa shape index (κ2) is 4.78. The Kier molecular flexibility index (Phi) is 3.60. The highest BCUT2D eigenvalue weighted by Crippen LogP contribution is 2.48. The smallest absolute Gasteiger partial charge is 0.309 e. The van der Waals surface area contributed by atoms with Gasteiger partial charge in [-0.1, -0.05) is 20.8 Å². The van der Waals surface area contributed by atoms with Gasteiger partial charge >= 0.3 is 11.9 Å². The molecule has 2 aliphatic rings. The molecule has 0 bridgehead atoms. The van der Waals surface area contributed by atoms with Crippen molar-refractivity contribution >= 4 is 11.9 Å². The fraction of sp³-hybridized carbons (Fsp3) is 0.857. The number of esters is 2. The molecule has 1 aliphatic carbocycles. The average molecular weight is 270 g/mol. The van der Waals surface area contributed by atoms with Gasteiger partial charge in [0, 0.05) is 6.42 Å². The molecule has 0 aromatic rings. The van der Waals surface area contributed by atoms with E-state index < -0.39 is 23.3 Å². The maximum absolute atomic E-state index is 11.8. The Morgan fingerprint density at radius 3 is 2.37 bits per heavy atom. The summed E-state index contributed by atoms with van der Waals surface area (Å²) in [5.41, 5.74) is -1.12. The molecule has 19 heavy (non-hydrogen) atoms. The standard InChI is InChI=1S/C14H22O5/c1-9(2)13-7-6-10(3)8-14(13,17)19-12(16)5-4-11(15)18-13/h9-10,17H,4-8H2,1-3H3/t10-,13+,14-/m1/s1. The van der Waals surface area contributed by atoms with Gasteiger partial charge in [0.25, 0.3) is 5.79 Å². The van der Waals surface area contributed by atoms with Crippen LogP contribution in [0.4, 0.5) is 0 Å². The molecule has 0 unspecified atom stereocenters. The topological polar surface area (TPSA) is 72.8 Å². The van der Waals surface area contributed by atoms with E-state index in [1.807, 2.05) is 20.8 Å². The minimum absolute atomic E-state index is 0.0128. The first-order valence-corrected chi connectivity index (χ1v) is 6.95. The van der Waals surface area contributed by atoms with Crippen LogP contribution < -0.4 is 0 Å². The lowest BCUT2D eigenvalue weighted by Gasteiger charge is -2.52. The van der Waals surface area contributed by atoms with Crippen molar-refractivity contribution in [3.8, 4) is 0 Å². The number of carbonyl (C=O) groups is 2. The molecule has 108 valence electrons. The van der Waals surface area contributed by atoms with E-state index in [9.17, 15) is 14.7 Å². The van der Waals surface area contributed by atoms with E-state index in [2.05, 4.69) is 0 Å². The Labute approximate surface area is 113 Å². The summed E-state index contributed by atoms with van der Waals surface area (Å²) in [6, 6.07) is 0. The zero-order valence-electron chi connectivity index (χ0n) is 11.8. The van der Waals surface area contributed by atoms with Crippen LogP contribution in [0, 0.1) is 11.8 Å². The molecule has 2 fully saturated rings. The van der Waals surface area contributed by atoms with E-state index in [-0.39, 0.29) is 24.7 Å². The summed E-state index contributed by atoms with van der Waals surface area (Å²) in [4.78, 5) is 23.6. The van der Waals surface area contributed by atoms with Gasteiger partial charge in [0.05, 0.1) is 12.8 Å². The molecule has 1 N–H and O–H groups in total. The molecule has 3 atom stereocenters. The third kappa shape index (κ3) is 2.36. The molecule has 1 heterocycles. The number of rotatable bonds is 1. The second-order valence-corrected chi connectivity index (χ2v) is 6.12. The molecule has 0 amide bonds. The monoisotopic (exact) mass is 270 g/mol.